The van der Waals surface area contributed by atoms with Crippen molar-refractivity contribution in [3.05, 3.63) is 20.8 Å². The van der Waals surface area contributed by atoms with Crippen molar-refractivity contribution >= 4 is 23.3 Å². The summed E-state index contributed by atoms with van der Waals surface area (Å²) in [6.45, 7) is 2.96. The van der Waals surface area contributed by atoms with Gasteiger partial charge < -0.3 is 11.1 Å². The normalized spacial score (nSPS) is 19.1. The summed E-state index contributed by atoms with van der Waals surface area (Å²) in [7, 11) is 0. The number of hydrogen-bond acceptors (Lipinski definition) is 5. The number of hydrogen-bond donors (Lipinski definition) is 3. The van der Waals surface area contributed by atoms with Crippen molar-refractivity contribution in [2.24, 2.45) is 0 Å². The third-order valence-corrected chi connectivity index (χ3v) is 4.48. The standard InChI is InChI=1S/C11H18N4O2S/c1-2-15-9(12)8(10(16)14-11(15)17)13-6-7-4-3-5-18-7/h7,13H,2-6,12H2,1H3,(H,14,16,17). The van der Waals surface area contributed by atoms with Gasteiger partial charge >= 0.3 is 5.69 Å². The van der Waals surface area contributed by atoms with Crippen molar-refractivity contribution in [1.82, 2.24) is 9.55 Å². The van der Waals surface area contributed by atoms with Crippen molar-refractivity contribution in [3.63, 3.8) is 0 Å². The van der Waals surface area contributed by atoms with Gasteiger partial charge in [0.05, 0.1) is 0 Å². The molecule has 1 fully saturated rings. The number of nitrogens with zero attached hydrogens (tertiary/aromatic N) is 1. The molecule has 18 heavy (non-hydrogen) atoms. The molecule has 1 aromatic rings. The van der Waals surface area contributed by atoms with Crippen LogP contribution in [0.4, 0.5) is 11.5 Å². The molecule has 1 saturated heterocycles. The summed E-state index contributed by atoms with van der Waals surface area (Å²) in [6.07, 6.45) is 2.38. The van der Waals surface area contributed by atoms with E-state index < -0.39 is 11.2 Å². The van der Waals surface area contributed by atoms with E-state index in [-0.39, 0.29) is 5.82 Å². The van der Waals surface area contributed by atoms with Crippen molar-refractivity contribution in [3.8, 4) is 0 Å². The first-order valence-corrected chi connectivity index (χ1v) is 7.16. The number of nitrogens with one attached hydrogen (secondary N) is 2. The lowest BCUT2D eigenvalue weighted by Crippen LogP contribution is -2.34. The summed E-state index contributed by atoms with van der Waals surface area (Å²) in [5, 5.41) is 3.60. The van der Waals surface area contributed by atoms with Crippen molar-refractivity contribution < 1.29 is 0 Å². The smallest absolute Gasteiger partial charge is 0.330 e. The highest BCUT2D eigenvalue weighted by Crippen LogP contribution is 2.26. The van der Waals surface area contributed by atoms with Crippen LogP contribution >= 0.6 is 11.8 Å². The highest BCUT2D eigenvalue weighted by molar-refractivity contribution is 8.00. The Bertz CT molecular complexity index is 531. The van der Waals surface area contributed by atoms with Gasteiger partial charge in [-0.05, 0) is 25.5 Å². The molecular weight excluding hydrogens is 252 g/mol. The van der Waals surface area contributed by atoms with Crippen LogP contribution in [0.5, 0.6) is 0 Å². The maximum Gasteiger partial charge on any atom is 0.330 e. The van der Waals surface area contributed by atoms with Gasteiger partial charge in [-0.3, -0.25) is 14.3 Å². The second-order valence-electron chi connectivity index (χ2n) is 4.28. The Hall–Kier alpha value is -1.37. The van der Waals surface area contributed by atoms with E-state index in [1.54, 1.807) is 0 Å². The molecule has 6 nitrogen and oxygen atoms in total. The van der Waals surface area contributed by atoms with Gasteiger partial charge in [-0.2, -0.15) is 11.8 Å². The SMILES string of the molecule is CCn1c(N)c(NCC2CCCS2)c(=O)[nH]c1=O. The van der Waals surface area contributed by atoms with E-state index in [1.165, 1.54) is 16.7 Å². The van der Waals surface area contributed by atoms with E-state index in [0.29, 0.717) is 24.0 Å². The molecule has 2 heterocycles. The van der Waals surface area contributed by atoms with Crippen LogP contribution in [0.1, 0.15) is 19.8 Å². The third-order valence-electron chi connectivity index (χ3n) is 3.09. The lowest BCUT2D eigenvalue weighted by Gasteiger charge is -2.14. The molecule has 0 radical (unpaired) electrons. The molecule has 1 atom stereocenters. The van der Waals surface area contributed by atoms with Gasteiger partial charge in [0.2, 0.25) is 0 Å². The molecule has 2 rings (SSSR count). The molecule has 0 aromatic carbocycles. The van der Waals surface area contributed by atoms with Crippen LogP contribution < -0.4 is 22.3 Å². The third kappa shape index (κ3) is 2.55. The molecule has 4 N–H and O–H groups in total. The average Bonchev–Trinajstić information content (AvgIpc) is 2.81. The van der Waals surface area contributed by atoms with Gasteiger partial charge in [0.1, 0.15) is 11.5 Å². The first kappa shape index (κ1) is 13.1. The van der Waals surface area contributed by atoms with E-state index in [0.717, 1.165) is 6.42 Å². The van der Waals surface area contributed by atoms with Gasteiger partial charge in [-0.1, -0.05) is 0 Å². The van der Waals surface area contributed by atoms with E-state index >= 15 is 0 Å². The zero-order chi connectivity index (χ0) is 13.1. The van der Waals surface area contributed by atoms with Gasteiger partial charge in [0.15, 0.2) is 0 Å². The van der Waals surface area contributed by atoms with Gasteiger partial charge in [-0.25, -0.2) is 4.79 Å². The highest BCUT2D eigenvalue weighted by Gasteiger charge is 2.17. The fourth-order valence-corrected chi connectivity index (χ4v) is 3.29. The van der Waals surface area contributed by atoms with Crippen LogP contribution in [0, 0.1) is 0 Å². The van der Waals surface area contributed by atoms with Crippen LogP contribution in [0.25, 0.3) is 0 Å². The molecule has 0 aliphatic carbocycles. The molecular formula is C11H18N4O2S. The number of anilines is 2. The van der Waals surface area contributed by atoms with Gasteiger partial charge in [0, 0.05) is 18.3 Å². The first-order chi connectivity index (χ1) is 8.63. The number of H-pyrrole nitrogens is 1. The van der Waals surface area contributed by atoms with Gasteiger partial charge in [0.25, 0.3) is 5.56 Å². The summed E-state index contributed by atoms with van der Waals surface area (Å²) < 4.78 is 1.35. The maximum atomic E-state index is 11.7. The summed E-state index contributed by atoms with van der Waals surface area (Å²) in [5.41, 5.74) is 5.27. The van der Waals surface area contributed by atoms with Crippen molar-refractivity contribution in [2.75, 3.05) is 23.3 Å². The second kappa shape index (κ2) is 5.51. The minimum atomic E-state index is -0.458. The Balaban J connectivity index is 2.21. The molecule has 1 aliphatic heterocycles. The molecule has 7 heteroatoms. The van der Waals surface area contributed by atoms with Crippen molar-refractivity contribution in [2.45, 2.75) is 31.6 Å². The number of nitrogens with two attached hydrogens (primary N) is 1. The topological polar surface area (TPSA) is 92.9 Å². The Morgan fingerprint density at radius 2 is 2.33 bits per heavy atom. The Kier molecular flexibility index (Phi) is 4.00. The Labute approximate surface area is 109 Å². The number of aromatic nitrogens is 2. The number of thioether (sulfide) groups is 1. The molecule has 100 valence electrons. The predicted molar refractivity (Wildman–Crippen MR) is 75.4 cm³/mol. The summed E-state index contributed by atoms with van der Waals surface area (Å²) >= 11 is 1.90. The fourth-order valence-electron chi connectivity index (χ4n) is 2.09. The van der Waals surface area contributed by atoms with E-state index in [1.807, 2.05) is 18.7 Å². The minimum Gasteiger partial charge on any atom is -0.383 e. The van der Waals surface area contributed by atoms with Crippen LogP contribution in [0.2, 0.25) is 0 Å². The van der Waals surface area contributed by atoms with E-state index in [4.69, 9.17) is 5.73 Å². The molecule has 0 saturated carbocycles. The monoisotopic (exact) mass is 270 g/mol. The lowest BCUT2D eigenvalue weighted by atomic mass is 10.2. The summed E-state index contributed by atoms with van der Waals surface area (Å²) in [4.78, 5) is 25.5. The fraction of sp³-hybridized carbons (Fsp3) is 0.636. The molecule has 1 aliphatic rings. The van der Waals surface area contributed by atoms with Crippen LogP contribution in [-0.4, -0.2) is 27.1 Å². The zero-order valence-corrected chi connectivity index (χ0v) is 11.2. The molecule has 0 spiro atoms. The largest absolute Gasteiger partial charge is 0.383 e. The van der Waals surface area contributed by atoms with Crippen molar-refractivity contribution in [1.29, 1.82) is 0 Å². The minimum absolute atomic E-state index is 0.217. The summed E-state index contributed by atoms with van der Waals surface area (Å²) in [5.74, 6) is 1.39. The lowest BCUT2D eigenvalue weighted by molar-refractivity contribution is 0.705. The average molecular weight is 270 g/mol. The van der Waals surface area contributed by atoms with Crippen LogP contribution in [0.15, 0.2) is 9.59 Å². The zero-order valence-electron chi connectivity index (χ0n) is 10.4. The highest BCUT2D eigenvalue weighted by atomic mass is 32.2. The van der Waals surface area contributed by atoms with E-state index in [2.05, 4.69) is 10.3 Å². The molecule has 1 aromatic heterocycles. The number of nitrogen functional groups attached to an aromatic ring is 1. The number of aromatic amines is 1. The van der Waals surface area contributed by atoms with Crippen LogP contribution in [0.3, 0.4) is 0 Å². The van der Waals surface area contributed by atoms with E-state index in [9.17, 15) is 9.59 Å². The molecule has 0 bridgehead atoms. The Morgan fingerprint density at radius 1 is 1.56 bits per heavy atom. The first-order valence-electron chi connectivity index (χ1n) is 6.11. The number of rotatable bonds is 4. The Morgan fingerprint density at radius 3 is 2.94 bits per heavy atom. The quantitative estimate of drug-likeness (QED) is 0.738. The molecule has 0 amide bonds. The predicted octanol–water partition coefficient (Wildman–Crippen LogP) is 0.446. The van der Waals surface area contributed by atoms with Crippen LogP contribution in [-0.2, 0) is 6.54 Å². The van der Waals surface area contributed by atoms with Gasteiger partial charge in [-0.15, -0.1) is 0 Å². The molecule has 1 unspecified atom stereocenters. The summed E-state index contributed by atoms with van der Waals surface area (Å²) in [6, 6.07) is 0. The maximum absolute atomic E-state index is 11.7. The second-order valence-corrected chi connectivity index (χ2v) is 5.69.